The Morgan fingerprint density at radius 3 is 2.59 bits per heavy atom. The molecular weight excluding hydrogens is 362 g/mol. The highest BCUT2D eigenvalue weighted by Crippen LogP contribution is 2.43. The number of phenolic OH excluding ortho intramolecular Hbond substituents is 1. The molecule has 29 heavy (non-hydrogen) atoms. The van der Waals surface area contributed by atoms with E-state index in [-0.39, 0.29) is 5.75 Å². The second kappa shape index (κ2) is 8.18. The van der Waals surface area contributed by atoms with Gasteiger partial charge >= 0.3 is 0 Å². The second-order valence-corrected chi connectivity index (χ2v) is 7.76. The molecule has 5 nitrogen and oxygen atoms in total. The molecule has 1 fully saturated rings. The lowest BCUT2D eigenvalue weighted by atomic mass is 9.92. The fraction of sp³-hybridized carbons (Fsp3) is 0.375. The Morgan fingerprint density at radius 1 is 1.21 bits per heavy atom. The van der Waals surface area contributed by atoms with Gasteiger partial charge < -0.3 is 19.3 Å². The van der Waals surface area contributed by atoms with Gasteiger partial charge in [-0.1, -0.05) is 6.92 Å². The number of hydrogen-bond acceptors (Lipinski definition) is 4. The maximum atomic E-state index is 9.97. The van der Waals surface area contributed by atoms with Crippen molar-refractivity contribution in [3.05, 3.63) is 48.0 Å². The molecule has 0 bridgehead atoms. The van der Waals surface area contributed by atoms with Crippen molar-refractivity contribution in [3.8, 4) is 28.8 Å². The van der Waals surface area contributed by atoms with Crippen LogP contribution in [0.3, 0.4) is 0 Å². The van der Waals surface area contributed by atoms with Crippen LogP contribution in [0.5, 0.6) is 11.5 Å². The third-order valence-electron chi connectivity index (χ3n) is 5.95. The fourth-order valence-electron chi connectivity index (χ4n) is 3.90. The van der Waals surface area contributed by atoms with Crippen molar-refractivity contribution in [1.82, 2.24) is 9.47 Å². The molecule has 5 heteroatoms. The zero-order valence-electron chi connectivity index (χ0n) is 17.1. The number of hydrogen-bond donors (Lipinski definition) is 1. The number of rotatable bonds is 7. The van der Waals surface area contributed by atoms with Gasteiger partial charge in [-0.15, -0.1) is 0 Å². The van der Waals surface area contributed by atoms with Gasteiger partial charge in [-0.2, -0.15) is 5.26 Å². The summed E-state index contributed by atoms with van der Waals surface area (Å²) >= 11 is 0. The summed E-state index contributed by atoms with van der Waals surface area (Å²) in [5.74, 6) is 1.06. The summed E-state index contributed by atoms with van der Waals surface area (Å²) in [5.41, 5.74) is 3.63. The molecule has 0 spiro atoms. The van der Waals surface area contributed by atoms with Gasteiger partial charge in [0.15, 0.2) is 0 Å². The molecule has 0 unspecified atom stereocenters. The molecular formula is C24H27N3O2. The van der Waals surface area contributed by atoms with E-state index in [0.29, 0.717) is 18.2 Å². The molecule has 1 aliphatic carbocycles. The molecule has 1 aliphatic rings. The smallest absolute Gasteiger partial charge is 0.121 e. The van der Waals surface area contributed by atoms with Gasteiger partial charge in [0.1, 0.15) is 24.2 Å². The standard InChI is InChI=1S/C24H27N3O2/c1-3-26(2)13-14-29-20-11-12-21-22(16-25)24(17-7-9-19(28)10-8-17)27(23(21)15-20)18-5-4-6-18/h7-12,15,18,28H,3-6,13-14H2,1-2H3. The third kappa shape index (κ3) is 3.68. The van der Waals surface area contributed by atoms with Crippen LogP contribution in [0.2, 0.25) is 0 Å². The van der Waals surface area contributed by atoms with Crippen LogP contribution in [0.1, 0.15) is 37.8 Å². The van der Waals surface area contributed by atoms with E-state index in [9.17, 15) is 10.4 Å². The van der Waals surface area contributed by atoms with E-state index in [1.54, 1.807) is 12.1 Å². The Morgan fingerprint density at radius 2 is 1.97 bits per heavy atom. The average Bonchev–Trinajstić information content (AvgIpc) is 3.00. The Bertz CT molecular complexity index is 1040. The zero-order chi connectivity index (χ0) is 20.4. The molecule has 1 N–H and O–H groups in total. The maximum Gasteiger partial charge on any atom is 0.121 e. The van der Waals surface area contributed by atoms with Gasteiger partial charge in [0.25, 0.3) is 0 Å². The number of likely N-dealkylation sites (N-methyl/N-ethyl adjacent to an activating group) is 1. The average molecular weight is 389 g/mol. The Balaban J connectivity index is 1.79. The quantitative estimate of drug-likeness (QED) is 0.622. The first-order valence-corrected chi connectivity index (χ1v) is 10.3. The maximum absolute atomic E-state index is 9.97. The van der Waals surface area contributed by atoms with E-state index in [0.717, 1.165) is 53.8 Å². The van der Waals surface area contributed by atoms with Gasteiger partial charge in [-0.05, 0) is 74.8 Å². The first-order chi connectivity index (χ1) is 14.1. The first kappa shape index (κ1) is 19.4. The summed E-state index contributed by atoms with van der Waals surface area (Å²) in [6, 6.07) is 16.0. The molecule has 1 aromatic heterocycles. The topological polar surface area (TPSA) is 61.4 Å². The van der Waals surface area contributed by atoms with E-state index < -0.39 is 0 Å². The van der Waals surface area contributed by atoms with E-state index in [1.165, 1.54) is 6.42 Å². The number of fused-ring (bicyclic) bond motifs is 1. The normalized spacial score (nSPS) is 14.1. The minimum atomic E-state index is 0.228. The van der Waals surface area contributed by atoms with Gasteiger partial charge in [0.2, 0.25) is 0 Å². The molecule has 150 valence electrons. The number of nitrogens with zero attached hydrogens (tertiary/aromatic N) is 3. The summed E-state index contributed by atoms with van der Waals surface area (Å²) in [7, 11) is 2.08. The molecule has 2 aromatic carbocycles. The van der Waals surface area contributed by atoms with Crippen molar-refractivity contribution in [2.75, 3.05) is 26.7 Å². The summed E-state index contributed by atoms with van der Waals surface area (Å²) < 4.78 is 8.32. The lowest BCUT2D eigenvalue weighted by Gasteiger charge is -2.30. The molecule has 0 atom stereocenters. The summed E-state index contributed by atoms with van der Waals surface area (Å²) in [5, 5.41) is 20.6. The van der Waals surface area contributed by atoms with Crippen molar-refractivity contribution in [3.63, 3.8) is 0 Å². The summed E-state index contributed by atoms with van der Waals surface area (Å²) in [6.07, 6.45) is 3.44. The molecule has 4 rings (SSSR count). The van der Waals surface area contributed by atoms with Crippen molar-refractivity contribution in [2.24, 2.45) is 0 Å². The number of ether oxygens (including phenoxy) is 1. The Labute approximate surface area is 171 Å². The van der Waals surface area contributed by atoms with Crippen LogP contribution in [-0.2, 0) is 0 Å². The number of benzene rings is 2. The number of nitriles is 1. The number of aromatic nitrogens is 1. The molecule has 0 saturated heterocycles. The highest BCUT2D eigenvalue weighted by molar-refractivity contribution is 5.95. The SMILES string of the molecule is CCN(C)CCOc1ccc2c(C#N)c(-c3ccc(O)cc3)n(C3CCC3)c2c1. The van der Waals surface area contributed by atoms with E-state index >= 15 is 0 Å². The summed E-state index contributed by atoms with van der Waals surface area (Å²) in [4.78, 5) is 2.21. The van der Waals surface area contributed by atoms with Crippen LogP contribution in [0.4, 0.5) is 0 Å². The number of aromatic hydroxyl groups is 1. The molecule has 0 aliphatic heterocycles. The van der Waals surface area contributed by atoms with Crippen molar-refractivity contribution in [2.45, 2.75) is 32.2 Å². The highest BCUT2D eigenvalue weighted by atomic mass is 16.5. The minimum Gasteiger partial charge on any atom is -0.508 e. The van der Waals surface area contributed by atoms with Crippen molar-refractivity contribution >= 4 is 10.9 Å². The molecule has 1 saturated carbocycles. The Hall–Kier alpha value is -2.97. The van der Waals surface area contributed by atoms with Gasteiger partial charge in [-0.3, -0.25) is 0 Å². The van der Waals surface area contributed by atoms with Crippen LogP contribution in [0.25, 0.3) is 22.2 Å². The first-order valence-electron chi connectivity index (χ1n) is 10.3. The number of phenols is 1. The zero-order valence-corrected chi connectivity index (χ0v) is 17.1. The predicted octanol–water partition coefficient (Wildman–Crippen LogP) is 4.94. The van der Waals surface area contributed by atoms with Crippen molar-refractivity contribution in [1.29, 1.82) is 5.26 Å². The van der Waals surface area contributed by atoms with Crippen LogP contribution in [0.15, 0.2) is 42.5 Å². The Kier molecular flexibility index (Phi) is 5.46. The molecule has 1 heterocycles. The molecule has 0 radical (unpaired) electrons. The van der Waals surface area contributed by atoms with Crippen LogP contribution >= 0.6 is 0 Å². The van der Waals surface area contributed by atoms with Crippen molar-refractivity contribution < 1.29 is 9.84 Å². The van der Waals surface area contributed by atoms with E-state index in [4.69, 9.17) is 4.74 Å². The lowest BCUT2D eigenvalue weighted by Crippen LogP contribution is -2.23. The fourth-order valence-corrected chi connectivity index (χ4v) is 3.90. The van der Waals surface area contributed by atoms with Gasteiger partial charge in [0.05, 0.1) is 16.8 Å². The molecule has 3 aromatic rings. The minimum absolute atomic E-state index is 0.228. The second-order valence-electron chi connectivity index (χ2n) is 7.76. The van der Waals surface area contributed by atoms with Crippen LogP contribution in [-0.4, -0.2) is 41.3 Å². The molecule has 0 amide bonds. The highest BCUT2D eigenvalue weighted by Gasteiger charge is 2.28. The monoisotopic (exact) mass is 389 g/mol. The van der Waals surface area contributed by atoms with E-state index in [2.05, 4.69) is 35.6 Å². The van der Waals surface area contributed by atoms with E-state index in [1.807, 2.05) is 24.3 Å². The van der Waals surface area contributed by atoms with Crippen LogP contribution in [0, 0.1) is 11.3 Å². The lowest BCUT2D eigenvalue weighted by molar-refractivity contribution is 0.244. The predicted molar refractivity (Wildman–Crippen MR) is 115 cm³/mol. The van der Waals surface area contributed by atoms with Gasteiger partial charge in [0, 0.05) is 24.0 Å². The van der Waals surface area contributed by atoms with Crippen LogP contribution < -0.4 is 4.74 Å². The largest absolute Gasteiger partial charge is 0.508 e. The third-order valence-corrected chi connectivity index (χ3v) is 5.95. The summed E-state index contributed by atoms with van der Waals surface area (Å²) in [6.45, 7) is 4.64. The van der Waals surface area contributed by atoms with Gasteiger partial charge in [-0.25, -0.2) is 0 Å².